The summed E-state index contributed by atoms with van der Waals surface area (Å²) in [4.78, 5) is 62.7. The predicted octanol–water partition coefficient (Wildman–Crippen LogP) is -1.54. The second-order valence-electron chi connectivity index (χ2n) is 8.42. The van der Waals surface area contributed by atoms with Crippen molar-refractivity contribution < 1.29 is 34.2 Å². The molecule has 8 N–H and O–H groups in total. The largest absolute Gasteiger partial charge is 0.480 e. The van der Waals surface area contributed by atoms with Crippen LogP contribution in [-0.2, 0) is 30.4 Å². The van der Waals surface area contributed by atoms with Gasteiger partial charge in [0, 0.05) is 16.5 Å². The van der Waals surface area contributed by atoms with Crippen molar-refractivity contribution in [2.24, 2.45) is 11.5 Å². The molecule has 1 aliphatic rings. The van der Waals surface area contributed by atoms with Crippen LogP contribution in [0.25, 0.3) is 0 Å². The minimum Gasteiger partial charge on any atom is -0.480 e. The molecule has 1 heterocycles. The number of likely N-dealkylation sites (tertiary alicyclic amines) is 1. The van der Waals surface area contributed by atoms with E-state index in [1.165, 1.54) is 11.8 Å². The number of carboxylic acids is 1. The molecular weight excluding hydrogens is 573 g/mol. The number of benzene rings is 1. The van der Waals surface area contributed by atoms with Crippen molar-refractivity contribution in [1.82, 2.24) is 15.5 Å². The lowest BCUT2D eigenvalue weighted by Gasteiger charge is -2.30. The average Bonchev–Trinajstić information content (AvgIpc) is 3.28. The van der Waals surface area contributed by atoms with Gasteiger partial charge in [0.15, 0.2) is 0 Å². The Morgan fingerprint density at radius 1 is 1.14 bits per heavy atom. The van der Waals surface area contributed by atoms with Gasteiger partial charge in [-0.15, -0.1) is 0 Å². The van der Waals surface area contributed by atoms with Gasteiger partial charge in [-0.2, -0.15) is 0 Å². The van der Waals surface area contributed by atoms with Crippen LogP contribution in [0.5, 0.6) is 0 Å². The summed E-state index contributed by atoms with van der Waals surface area (Å²) in [7, 11) is 0. The van der Waals surface area contributed by atoms with Gasteiger partial charge >= 0.3 is 5.97 Å². The Morgan fingerprint density at radius 3 is 2.31 bits per heavy atom. The molecule has 1 aliphatic heterocycles. The highest BCUT2D eigenvalue weighted by molar-refractivity contribution is 14.1. The Balaban J connectivity index is 2.24. The first-order chi connectivity index (χ1) is 16.4. The molecule has 0 bridgehead atoms. The number of hydrogen-bond acceptors (Lipinski definition) is 7. The Labute approximate surface area is 215 Å². The number of nitrogens with two attached hydrogens (primary N) is 2. The van der Waals surface area contributed by atoms with Crippen molar-refractivity contribution in [3.05, 3.63) is 33.4 Å². The number of carbonyl (C=O) groups excluding carboxylic acids is 4. The van der Waals surface area contributed by atoms with Gasteiger partial charge in [0.2, 0.25) is 23.6 Å². The lowest BCUT2D eigenvalue weighted by molar-refractivity contribution is -0.146. The van der Waals surface area contributed by atoms with Gasteiger partial charge in [-0.1, -0.05) is 12.1 Å². The third-order valence-electron chi connectivity index (χ3n) is 5.65. The molecule has 0 spiro atoms. The molecule has 4 amide bonds. The summed E-state index contributed by atoms with van der Waals surface area (Å²) in [5, 5.41) is 23.8. The van der Waals surface area contributed by atoms with E-state index >= 15 is 0 Å². The number of hydrogen-bond donors (Lipinski definition) is 6. The molecule has 1 fully saturated rings. The predicted molar refractivity (Wildman–Crippen MR) is 133 cm³/mol. The van der Waals surface area contributed by atoms with Crippen LogP contribution in [0.2, 0.25) is 0 Å². The van der Waals surface area contributed by atoms with Crippen LogP contribution >= 0.6 is 22.6 Å². The number of rotatable bonds is 11. The fourth-order valence-electron chi connectivity index (χ4n) is 3.72. The molecule has 1 aromatic carbocycles. The van der Waals surface area contributed by atoms with E-state index in [-0.39, 0.29) is 19.4 Å². The fourth-order valence-corrected chi connectivity index (χ4v) is 4.08. The lowest BCUT2D eigenvalue weighted by atomic mass is 10.0. The van der Waals surface area contributed by atoms with Crippen LogP contribution in [-0.4, -0.2) is 81.5 Å². The maximum atomic E-state index is 13.5. The first-order valence-corrected chi connectivity index (χ1v) is 12.1. The maximum Gasteiger partial charge on any atom is 0.326 e. The molecule has 2 rings (SSSR count). The van der Waals surface area contributed by atoms with Crippen LogP contribution in [0.4, 0.5) is 0 Å². The summed E-state index contributed by atoms with van der Waals surface area (Å²) in [6.07, 6.45) is -0.873. The van der Waals surface area contributed by atoms with Crippen LogP contribution in [0, 0.1) is 3.57 Å². The summed E-state index contributed by atoms with van der Waals surface area (Å²) in [5.41, 5.74) is 11.5. The summed E-state index contributed by atoms with van der Waals surface area (Å²) in [6, 6.07) is 2.44. The molecular formula is C22H30IN5O7. The summed E-state index contributed by atoms with van der Waals surface area (Å²) in [6.45, 7) is 1.57. The van der Waals surface area contributed by atoms with E-state index < -0.39 is 66.3 Å². The van der Waals surface area contributed by atoms with E-state index in [1.807, 2.05) is 12.1 Å². The molecule has 12 nitrogen and oxygen atoms in total. The molecule has 192 valence electrons. The highest BCUT2D eigenvalue weighted by Gasteiger charge is 2.39. The van der Waals surface area contributed by atoms with Gasteiger partial charge in [-0.3, -0.25) is 19.2 Å². The molecule has 0 radical (unpaired) electrons. The van der Waals surface area contributed by atoms with E-state index in [9.17, 15) is 34.2 Å². The fraction of sp³-hybridized carbons (Fsp3) is 0.500. The van der Waals surface area contributed by atoms with Crippen LogP contribution in [0.15, 0.2) is 24.3 Å². The van der Waals surface area contributed by atoms with Gasteiger partial charge < -0.3 is 37.2 Å². The van der Waals surface area contributed by atoms with E-state index in [0.29, 0.717) is 6.42 Å². The zero-order chi connectivity index (χ0) is 26.3. The first-order valence-electron chi connectivity index (χ1n) is 11.0. The second kappa shape index (κ2) is 12.8. The minimum absolute atomic E-state index is 0.109. The van der Waals surface area contributed by atoms with Gasteiger partial charge in [0.05, 0.1) is 12.5 Å². The Bertz CT molecular complexity index is 956. The highest BCUT2D eigenvalue weighted by atomic mass is 127. The molecule has 5 atom stereocenters. The zero-order valence-corrected chi connectivity index (χ0v) is 21.3. The van der Waals surface area contributed by atoms with Crippen molar-refractivity contribution in [2.75, 3.05) is 6.54 Å². The van der Waals surface area contributed by atoms with Gasteiger partial charge in [0.25, 0.3) is 0 Å². The summed E-state index contributed by atoms with van der Waals surface area (Å²) in [5.74, 6) is -4.33. The normalized spacial score (nSPS) is 18.7. The number of nitrogens with one attached hydrogen (secondary N) is 2. The molecule has 0 aromatic heterocycles. The zero-order valence-electron chi connectivity index (χ0n) is 19.1. The summed E-state index contributed by atoms with van der Waals surface area (Å²) >= 11 is 2.14. The Hall–Kier alpha value is -2.78. The molecule has 1 saturated heterocycles. The maximum absolute atomic E-state index is 13.5. The van der Waals surface area contributed by atoms with E-state index in [0.717, 1.165) is 9.13 Å². The lowest BCUT2D eigenvalue weighted by Crippen LogP contribution is -2.58. The summed E-state index contributed by atoms with van der Waals surface area (Å²) < 4.78 is 0.981. The van der Waals surface area contributed by atoms with Gasteiger partial charge in [-0.05, 0) is 60.1 Å². The first kappa shape index (κ1) is 28.5. The Kier molecular flexibility index (Phi) is 10.4. The average molecular weight is 603 g/mol. The van der Waals surface area contributed by atoms with Crippen LogP contribution < -0.4 is 22.1 Å². The van der Waals surface area contributed by atoms with Crippen molar-refractivity contribution >= 4 is 52.2 Å². The number of nitrogens with zero attached hydrogens (tertiary/aromatic N) is 1. The third-order valence-corrected chi connectivity index (χ3v) is 6.37. The molecule has 0 unspecified atom stereocenters. The van der Waals surface area contributed by atoms with Crippen molar-refractivity contribution in [1.29, 1.82) is 0 Å². The number of halogens is 1. The molecule has 1 aromatic rings. The smallest absolute Gasteiger partial charge is 0.326 e. The number of aliphatic hydroxyl groups excluding tert-OH is 1. The number of aliphatic carboxylic acids is 1. The van der Waals surface area contributed by atoms with E-state index in [1.54, 1.807) is 12.1 Å². The second-order valence-corrected chi connectivity index (χ2v) is 9.66. The van der Waals surface area contributed by atoms with Crippen molar-refractivity contribution in [3.8, 4) is 0 Å². The van der Waals surface area contributed by atoms with Crippen molar-refractivity contribution in [3.63, 3.8) is 0 Å². The Morgan fingerprint density at radius 2 is 1.77 bits per heavy atom. The van der Waals surface area contributed by atoms with Crippen LogP contribution in [0.3, 0.4) is 0 Å². The van der Waals surface area contributed by atoms with Crippen LogP contribution in [0.1, 0.15) is 31.7 Å². The number of carboxylic acid groups (broad SMARTS) is 1. The van der Waals surface area contributed by atoms with Gasteiger partial charge in [-0.25, -0.2) is 4.79 Å². The highest BCUT2D eigenvalue weighted by Crippen LogP contribution is 2.20. The van der Waals surface area contributed by atoms with E-state index in [4.69, 9.17) is 11.5 Å². The quantitative estimate of drug-likeness (QED) is 0.163. The minimum atomic E-state index is -1.52. The molecule has 0 saturated carbocycles. The molecule has 13 heteroatoms. The van der Waals surface area contributed by atoms with Gasteiger partial charge in [0.1, 0.15) is 24.2 Å². The number of carbonyl (C=O) groups is 5. The van der Waals surface area contributed by atoms with E-state index in [2.05, 4.69) is 33.2 Å². The third kappa shape index (κ3) is 8.14. The standard InChI is InChI=1S/C22H30IN5O7/c1-11(29)18(25)20(32)26-14(9-12-4-6-13(23)7-5-12)21(33)28-8-2-3-16(28)19(31)27-15(22(34)35)10-17(24)30/h4-7,11,14-16,18,29H,2-3,8-10,25H2,1H3,(H2,24,30)(H,26,32)(H,27,31)(H,34,35)/t11-,14+,15+,16+,18+/m1/s1. The molecule has 0 aliphatic carbocycles. The number of amides is 4. The monoisotopic (exact) mass is 603 g/mol. The number of aliphatic hydroxyl groups is 1. The van der Waals surface area contributed by atoms with Crippen molar-refractivity contribution in [2.45, 2.75) is 62.9 Å². The molecule has 35 heavy (non-hydrogen) atoms. The SMILES string of the molecule is C[C@@H](O)[C@H](N)C(=O)N[C@@H](Cc1ccc(I)cc1)C(=O)N1CCC[C@H]1C(=O)N[C@@H](CC(N)=O)C(=O)O. The number of primary amides is 1. The topological polar surface area (TPSA) is 205 Å².